The first kappa shape index (κ1) is 16.6. The van der Waals surface area contributed by atoms with Gasteiger partial charge in [0.1, 0.15) is 5.82 Å². The van der Waals surface area contributed by atoms with E-state index in [0.717, 1.165) is 0 Å². The fourth-order valence-corrected chi connectivity index (χ4v) is 3.35. The van der Waals surface area contributed by atoms with E-state index in [1.165, 1.54) is 12.1 Å². The van der Waals surface area contributed by atoms with Crippen LogP contribution in [0, 0.1) is 16.5 Å². The van der Waals surface area contributed by atoms with E-state index < -0.39 is 5.82 Å². The van der Waals surface area contributed by atoms with Gasteiger partial charge in [-0.2, -0.15) is 0 Å². The van der Waals surface area contributed by atoms with E-state index in [-0.39, 0.29) is 29.4 Å². The zero-order chi connectivity index (χ0) is 17.3. The van der Waals surface area contributed by atoms with Crippen molar-refractivity contribution in [3.8, 4) is 0 Å². The molecule has 1 amide bonds. The maximum Gasteiger partial charge on any atom is 0.308 e. The molecular formula is C16H18FN3O3S. The fourth-order valence-electron chi connectivity index (χ4n) is 3.14. The predicted octanol–water partition coefficient (Wildman–Crippen LogP) is 2.83. The molecule has 1 fully saturated rings. The van der Waals surface area contributed by atoms with Gasteiger partial charge in [-0.05, 0) is 50.5 Å². The van der Waals surface area contributed by atoms with Crippen molar-refractivity contribution in [2.45, 2.75) is 32.2 Å². The third-order valence-electron chi connectivity index (χ3n) is 4.22. The summed E-state index contributed by atoms with van der Waals surface area (Å²) in [5.74, 6) is -1.33. The minimum Gasteiger partial charge on any atom is -0.466 e. The van der Waals surface area contributed by atoms with Gasteiger partial charge in [0, 0.05) is 6.04 Å². The number of aromatic nitrogens is 2. The number of rotatable bonds is 4. The highest BCUT2D eigenvalue weighted by Gasteiger charge is 2.32. The van der Waals surface area contributed by atoms with Gasteiger partial charge < -0.3 is 20.0 Å². The monoisotopic (exact) mass is 351 g/mol. The van der Waals surface area contributed by atoms with Gasteiger partial charge in [-0.15, -0.1) is 0 Å². The molecular weight excluding hydrogens is 333 g/mol. The first-order valence-electron chi connectivity index (χ1n) is 7.87. The number of fused-ring (bicyclic) bond motifs is 1. The van der Waals surface area contributed by atoms with Gasteiger partial charge in [0.05, 0.1) is 29.1 Å². The van der Waals surface area contributed by atoms with Crippen LogP contribution in [0.15, 0.2) is 12.1 Å². The van der Waals surface area contributed by atoms with E-state index in [0.29, 0.717) is 41.7 Å². The van der Waals surface area contributed by atoms with Crippen LogP contribution in [0.2, 0.25) is 0 Å². The summed E-state index contributed by atoms with van der Waals surface area (Å²) in [4.78, 5) is 29.9. The molecule has 8 heteroatoms. The van der Waals surface area contributed by atoms with Crippen molar-refractivity contribution < 1.29 is 18.7 Å². The Hall–Kier alpha value is -2.22. The number of nitrogens with one attached hydrogen (secondary N) is 3. The maximum absolute atomic E-state index is 13.7. The van der Waals surface area contributed by atoms with Crippen LogP contribution in [0.1, 0.15) is 36.5 Å². The summed E-state index contributed by atoms with van der Waals surface area (Å²) < 4.78 is 19.1. The zero-order valence-electron chi connectivity index (χ0n) is 13.1. The summed E-state index contributed by atoms with van der Waals surface area (Å²) in [5, 5.41) is 2.87. The number of carbonyl (C=O) groups excluding carboxylic acids is 2. The Balaban J connectivity index is 1.74. The molecule has 2 atom stereocenters. The van der Waals surface area contributed by atoms with Crippen molar-refractivity contribution in [3.63, 3.8) is 0 Å². The first-order chi connectivity index (χ1) is 11.5. The second-order valence-electron chi connectivity index (χ2n) is 5.89. The largest absolute Gasteiger partial charge is 0.466 e. The van der Waals surface area contributed by atoms with Gasteiger partial charge in [0.15, 0.2) is 4.77 Å². The molecule has 1 aromatic carbocycles. The van der Waals surface area contributed by atoms with Gasteiger partial charge in [0.2, 0.25) is 0 Å². The number of esters is 1. The lowest BCUT2D eigenvalue weighted by Gasteiger charge is -2.13. The Morgan fingerprint density at radius 3 is 2.92 bits per heavy atom. The first-order valence-corrected chi connectivity index (χ1v) is 8.27. The smallest absolute Gasteiger partial charge is 0.308 e. The van der Waals surface area contributed by atoms with Crippen molar-refractivity contribution in [3.05, 3.63) is 28.3 Å². The molecule has 3 N–H and O–H groups in total. The normalized spacial score (nSPS) is 20.2. The summed E-state index contributed by atoms with van der Waals surface area (Å²) in [6.45, 7) is 2.11. The van der Waals surface area contributed by atoms with Crippen molar-refractivity contribution in [1.82, 2.24) is 15.3 Å². The van der Waals surface area contributed by atoms with Crippen LogP contribution in [0.25, 0.3) is 11.0 Å². The fraction of sp³-hybridized carbons (Fsp3) is 0.438. The molecule has 0 radical (unpaired) electrons. The Morgan fingerprint density at radius 1 is 1.38 bits per heavy atom. The Bertz CT molecular complexity index is 845. The highest BCUT2D eigenvalue weighted by atomic mass is 32.1. The number of imidazole rings is 1. The van der Waals surface area contributed by atoms with E-state index in [9.17, 15) is 14.0 Å². The van der Waals surface area contributed by atoms with Crippen molar-refractivity contribution >= 4 is 35.1 Å². The summed E-state index contributed by atoms with van der Waals surface area (Å²) in [6, 6.07) is 2.33. The highest BCUT2D eigenvalue weighted by Crippen LogP contribution is 2.27. The second kappa shape index (κ2) is 6.72. The summed E-state index contributed by atoms with van der Waals surface area (Å²) in [6.07, 6.45) is 1.90. The average Bonchev–Trinajstić information content (AvgIpc) is 3.12. The number of aromatic amines is 2. The van der Waals surface area contributed by atoms with Gasteiger partial charge in [0.25, 0.3) is 5.91 Å². The Labute approximate surface area is 142 Å². The number of ether oxygens (including phenoxy) is 1. The number of benzene rings is 1. The summed E-state index contributed by atoms with van der Waals surface area (Å²) in [7, 11) is 0. The zero-order valence-corrected chi connectivity index (χ0v) is 14.0. The lowest BCUT2D eigenvalue weighted by atomic mass is 10.1. The SMILES string of the molecule is CCOC(=O)C1CCC(NC(=O)c2cc(F)cc3[nH]c(=S)[nH]c23)C1. The number of carbonyl (C=O) groups is 2. The lowest BCUT2D eigenvalue weighted by molar-refractivity contribution is -0.147. The number of hydrogen-bond acceptors (Lipinski definition) is 4. The molecule has 0 bridgehead atoms. The third kappa shape index (κ3) is 3.33. The number of H-pyrrole nitrogens is 2. The Kier molecular flexibility index (Phi) is 4.66. The van der Waals surface area contributed by atoms with Crippen LogP contribution in [-0.4, -0.2) is 34.5 Å². The number of hydrogen-bond donors (Lipinski definition) is 3. The van der Waals surface area contributed by atoms with E-state index >= 15 is 0 Å². The van der Waals surface area contributed by atoms with Crippen LogP contribution < -0.4 is 5.32 Å². The van der Waals surface area contributed by atoms with E-state index in [1.54, 1.807) is 6.92 Å². The molecule has 1 heterocycles. The van der Waals surface area contributed by atoms with E-state index in [2.05, 4.69) is 15.3 Å². The van der Waals surface area contributed by atoms with Crippen LogP contribution in [0.5, 0.6) is 0 Å². The Morgan fingerprint density at radius 2 is 2.17 bits per heavy atom. The second-order valence-corrected chi connectivity index (χ2v) is 6.30. The van der Waals surface area contributed by atoms with Crippen molar-refractivity contribution in [2.75, 3.05) is 6.61 Å². The maximum atomic E-state index is 13.7. The molecule has 24 heavy (non-hydrogen) atoms. The van der Waals surface area contributed by atoms with Crippen LogP contribution >= 0.6 is 12.2 Å². The standard InChI is InChI=1S/C16H18FN3O3S/c1-2-23-15(22)8-3-4-10(5-8)18-14(21)11-6-9(17)7-12-13(11)20-16(24)19-12/h6-8,10H,2-5H2,1H3,(H,18,21)(H2,19,20,24). The molecule has 3 rings (SSSR count). The molecule has 1 saturated carbocycles. The van der Waals surface area contributed by atoms with Crippen LogP contribution in [0.4, 0.5) is 4.39 Å². The molecule has 1 aromatic heterocycles. The average molecular weight is 351 g/mol. The topological polar surface area (TPSA) is 87.0 Å². The molecule has 6 nitrogen and oxygen atoms in total. The molecule has 1 aliphatic rings. The molecule has 2 unspecified atom stereocenters. The van der Waals surface area contributed by atoms with Gasteiger partial charge in [-0.1, -0.05) is 0 Å². The summed E-state index contributed by atoms with van der Waals surface area (Å²) >= 11 is 5.00. The van der Waals surface area contributed by atoms with Gasteiger partial charge in [-0.25, -0.2) is 4.39 Å². The molecule has 2 aromatic rings. The molecule has 1 aliphatic carbocycles. The lowest BCUT2D eigenvalue weighted by Crippen LogP contribution is -2.33. The molecule has 0 spiro atoms. The quantitative estimate of drug-likeness (QED) is 0.584. The minimum absolute atomic E-state index is 0.132. The van der Waals surface area contributed by atoms with Crippen LogP contribution in [-0.2, 0) is 9.53 Å². The number of halogens is 1. The van der Waals surface area contributed by atoms with E-state index in [4.69, 9.17) is 17.0 Å². The molecule has 0 aliphatic heterocycles. The molecule has 128 valence electrons. The summed E-state index contributed by atoms with van der Waals surface area (Å²) in [5.41, 5.74) is 1.11. The van der Waals surface area contributed by atoms with Crippen molar-refractivity contribution in [1.29, 1.82) is 0 Å². The number of amides is 1. The minimum atomic E-state index is -0.520. The highest BCUT2D eigenvalue weighted by molar-refractivity contribution is 7.71. The third-order valence-corrected chi connectivity index (χ3v) is 4.43. The van der Waals surface area contributed by atoms with Gasteiger partial charge >= 0.3 is 5.97 Å². The van der Waals surface area contributed by atoms with Crippen molar-refractivity contribution in [2.24, 2.45) is 5.92 Å². The van der Waals surface area contributed by atoms with Gasteiger partial charge in [-0.3, -0.25) is 9.59 Å². The molecule has 0 saturated heterocycles. The predicted molar refractivity (Wildman–Crippen MR) is 88.7 cm³/mol. The van der Waals surface area contributed by atoms with E-state index in [1.807, 2.05) is 0 Å². The van der Waals surface area contributed by atoms with Crippen LogP contribution in [0.3, 0.4) is 0 Å².